The van der Waals surface area contributed by atoms with E-state index in [1.165, 1.54) is 11.8 Å². The Bertz CT molecular complexity index is 872. The van der Waals surface area contributed by atoms with Gasteiger partial charge in [0.2, 0.25) is 0 Å². The van der Waals surface area contributed by atoms with Gasteiger partial charge in [-0.05, 0) is 55.5 Å². The van der Waals surface area contributed by atoms with Crippen molar-refractivity contribution in [2.75, 3.05) is 5.32 Å². The number of carbonyl (C=O) groups excluding carboxylic acids is 1. The van der Waals surface area contributed by atoms with Gasteiger partial charge in [-0.25, -0.2) is 0 Å². The maximum absolute atomic E-state index is 12.5. The molecule has 2 aromatic rings. The van der Waals surface area contributed by atoms with Crippen LogP contribution < -0.4 is 10.6 Å². The van der Waals surface area contributed by atoms with Crippen LogP contribution in [-0.2, 0) is 11.2 Å². The number of nitriles is 1. The van der Waals surface area contributed by atoms with Gasteiger partial charge in [0.1, 0.15) is 11.6 Å². The monoisotopic (exact) mass is 381 g/mol. The Kier molecular flexibility index (Phi) is 7.04. The highest BCUT2D eigenvalue weighted by molar-refractivity contribution is 6.33. The van der Waals surface area contributed by atoms with Gasteiger partial charge in [0, 0.05) is 6.20 Å². The molecule has 0 spiro atoms. The van der Waals surface area contributed by atoms with Crippen molar-refractivity contribution in [3.8, 4) is 6.07 Å². The van der Waals surface area contributed by atoms with Crippen molar-refractivity contribution in [1.82, 2.24) is 5.32 Å². The first kappa shape index (κ1) is 20.5. The van der Waals surface area contributed by atoms with E-state index in [0.717, 1.165) is 23.1 Å². The van der Waals surface area contributed by atoms with Crippen LogP contribution in [0.5, 0.6) is 0 Å². The number of amides is 1. The number of nitrogens with one attached hydrogen (secondary N) is 2. The standard InChI is InChI=1S/C22H24ClN3O/c1-5-17-6-8-18(9-7-17)16(4)26-22(27)19(12-24)13-25-21-15(3)10-14(2)11-20(21)23/h6-11,13,16,25H,5H2,1-4H3,(H,26,27)/b19-13-. The third-order valence-electron chi connectivity index (χ3n) is 4.39. The predicted octanol–water partition coefficient (Wildman–Crippen LogP) is 5.22. The first-order valence-electron chi connectivity index (χ1n) is 8.89. The molecule has 0 aliphatic rings. The fourth-order valence-corrected chi connectivity index (χ4v) is 3.17. The zero-order chi connectivity index (χ0) is 20.0. The lowest BCUT2D eigenvalue weighted by Crippen LogP contribution is -2.28. The number of hydrogen-bond acceptors (Lipinski definition) is 3. The molecule has 0 aliphatic carbocycles. The highest BCUT2D eigenvalue weighted by Crippen LogP contribution is 2.27. The molecule has 140 valence electrons. The first-order chi connectivity index (χ1) is 12.8. The van der Waals surface area contributed by atoms with Crippen LogP contribution in [0.4, 0.5) is 5.69 Å². The summed E-state index contributed by atoms with van der Waals surface area (Å²) < 4.78 is 0. The maximum atomic E-state index is 12.5. The van der Waals surface area contributed by atoms with E-state index < -0.39 is 5.91 Å². The Morgan fingerprint density at radius 3 is 2.48 bits per heavy atom. The molecule has 0 aliphatic heterocycles. The summed E-state index contributed by atoms with van der Waals surface area (Å²) in [7, 11) is 0. The molecule has 0 heterocycles. The second-order valence-corrected chi connectivity index (χ2v) is 6.95. The summed E-state index contributed by atoms with van der Waals surface area (Å²) in [4.78, 5) is 12.5. The quantitative estimate of drug-likeness (QED) is 0.532. The van der Waals surface area contributed by atoms with E-state index in [2.05, 4.69) is 17.6 Å². The lowest BCUT2D eigenvalue weighted by atomic mass is 10.0. The SMILES string of the molecule is CCc1ccc(C(C)NC(=O)/C(C#N)=C\Nc2c(C)cc(C)cc2Cl)cc1. The Labute approximate surface area is 165 Å². The van der Waals surface area contributed by atoms with Crippen molar-refractivity contribution in [1.29, 1.82) is 5.26 Å². The Morgan fingerprint density at radius 2 is 1.93 bits per heavy atom. The Balaban J connectivity index is 2.11. The highest BCUT2D eigenvalue weighted by Gasteiger charge is 2.14. The van der Waals surface area contributed by atoms with E-state index in [1.54, 1.807) is 0 Å². The second-order valence-electron chi connectivity index (χ2n) is 6.54. The van der Waals surface area contributed by atoms with Crippen LogP contribution >= 0.6 is 11.6 Å². The average Bonchev–Trinajstić information content (AvgIpc) is 2.63. The molecule has 4 nitrogen and oxygen atoms in total. The summed E-state index contributed by atoms with van der Waals surface area (Å²) >= 11 is 6.25. The minimum absolute atomic E-state index is 0.0110. The van der Waals surface area contributed by atoms with E-state index in [0.29, 0.717) is 10.7 Å². The van der Waals surface area contributed by atoms with Crippen LogP contribution in [0.3, 0.4) is 0 Å². The normalized spacial score (nSPS) is 12.2. The van der Waals surface area contributed by atoms with Gasteiger partial charge >= 0.3 is 0 Å². The smallest absolute Gasteiger partial charge is 0.263 e. The van der Waals surface area contributed by atoms with Crippen LogP contribution in [0.1, 0.15) is 42.1 Å². The van der Waals surface area contributed by atoms with E-state index in [-0.39, 0.29) is 11.6 Å². The summed E-state index contributed by atoms with van der Waals surface area (Å²) in [6, 6.07) is 13.6. The number of nitrogens with zero attached hydrogens (tertiary/aromatic N) is 1. The molecule has 0 radical (unpaired) electrons. The molecule has 2 aromatic carbocycles. The molecule has 1 atom stereocenters. The van der Waals surface area contributed by atoms with Crippen LogP contribution in [0, 0.1) is 25.2 Å². The van der Waals surface area contributed by atoms with Crippen LogP contribution in [0.2, 0.25) is 5.02 Å². The summed E-state index contributed by atoms with van der Waals surface area (Å²) in [6.45, 7) is 7.87. The average molecular weight is 382 g/mol. The van der Waals surface area contributed by atoms with E-state index in [1.807, 2.05) is 63.2 Å². The van der Waals surface area contributed by atoms with E-state index in [4.69, 9.17) is 11.6 Å². The number of aryl methyl sites for hydroxylation is 3. The number of carbonyl (C=O) groups is 1. The van der Waals surface area contributed by atoms with Crippen LogP contribution in [0.25, 0.3) is 0 Å². The second kappa shape index (κ2) is 9.25. The summed E-state index contributed by atoms with van der Waals surface area (Å²) in [5.41, 5.74) is 4.90. The minimum atomic E-state index is -0.432. The molecular weight excluding hydrogens is 358 g/mol. The topological polar surface area (TPSA) is 64.9 Å². The third kappa shape index (κ3) is 5.35. The molecule has 2 rings (SSSR count). The van der Waals surface area contributed by atoms with Gasteiger partial charge in [-0.1, -0.05) is 48.9 Å². The van der Waals surface area contributed by atoms with Gasteiger partial charge in [-0.2, -0.15) is 5.26 Å². The fourth-order valence-electron chi connectivity index (χ4n) is 2.79. The zero-order valence-corrected chi connectivity index (χ0v) is 16.8. The van der Waals surface area contributed by atoms with Gasteiger partial charge in [-0.3, -0.25) is 4.79 Å². The predicted molar refractivity (Wildman–Crippen MR) is 111 cm³/mol. The van der Waals surface area contributed by atoms with Gasteiger partial charge in [-0.15, -0.1) is 0 Å². The largest absolute Gasteiger partial charge is 0.359 e. The Hall–Kier alpha value is -2.77. The third-order valence-corrected chi connectivity index (χ3v) is 4.69. The lowest BCUT2D eigenvalue weighted by molar-refractivity contribution is -0.117. The van der Waals surface area contributed by atoms with E-state index in [9.17, 15) is 10.1 Å². The molecule has 27 heavy (non-hydrogen) atoms. The summed E-state index contributed by atoms with van der Waals surface area (Å²) in [5, 5.41) is 15.8. The van der Waals surface area contributed by atoms with Crippen molar-refractivity contribution in [2.45, 2.75) is 40.2 Å². The highest BCUT2D eigenvalue weighted by atomic mass is 35.5. The van der Waals surface area contributed by atoms with Crippen molar-refractivity contribution < 1.29 is 4.79 Å². The number of halogens is 1. The maximum Gasteiger partial charge on any atom is 0.263 e. The molecule has 2 N–H and O–H groups in total. The zero-order valence-electron chi connectivity index (χ0n) is 16.1. The molecule has 1 amide bonds. The molecular formula is C22H24ClN3O. The number of hydrogen-bond donors (Lipinski definition) is 2. The van der Waals surface area contributed by atoms with Crippen molar-refractivity contribution in [3.05, 3.63) is 75.4 Å². The van der Waals surface area contributed by atoms with Gasteiger partial charge in [0.05, 0.1) is 16.8 Å². The van der Waals surface area contributed by atoms with Gasteiger partial charge in [0.15, 0.2) is 0 Å². The van der Waals surface area contributed by atoms with Crippen molar-refractivity contribution in [2.24, 2.45) is 0 Å². The fraction of sp³-hybridized carbons (Fsp3) is 0.273. The Morgan fingerprint density at radius 1 is 1.26 bits per heavy atom. The number of benzene rings is 2. The molecule has 0 bridgehead atoms. The number of rotatable bonds is 6. The van der Waals surface area contributed by atoms with Gasteiger partial charge in [0.25, 0.3) is 5.91 Å². The molecule has 1 unspecified atom stereocenters. The van der Waals surface area contributed by atoms with Crippen LogP contribution in [-0.4, -0.2) is 5.91 Å². The molecule has 0 aromatic heterocycles. The summed E-state index contributed by atoms with van der Waals surface area (Å²) in [5.74, 6) is -0.432. The van der Waals surface area contributed by atoms with Crippen LogP contribution in [0.15, 0.2) is 48.2 Å². The molecule has 5 heteroatoms. The lowest BCUT2D eigenvalue weighted by Gasteiger charge is -2.15. The minimum Gasteiger partial charge on any atom is -0.359 e. The molecule has 0 saturated heterocycles. The molecule has 0 fully saturated rings. The van der Waals surface area contributed by atoms with Crippen molar-refractivity contribution >= 4 is 23.2 Å². The molecule has 0 saturated carbocycles. The first-order valence-corrected chi connectivity index (χ1v) is 9.26. The van der Waals surface area contributed by atoms with E-state index >= 15 is 0 Å². The van der Waals surface area contributed by atoms with Gasteiger partial charge < -0.3 is 10.6 Å². The number of anilines is 1. The summed E-state index contributed by atoms with van der Waals surface area (Å²) in [6.07, 6.45) is 2.36. The van der Waals surface area contributed by atoms with Crippen molar-refractivity contribution in [3.63, 3.8) is 0 Å².